The Labute approximate surface area is 95.2 Å². The lowest BCUT2D eigenvalue weighted by Crippen LogP contribution is -2.63. The smallest absolute Gasteiger partial charge is 0.245 e. The van der Waals surface area contributed by atoms with Gasteiger partial charge in [0, 0.05) is 6.54 Å². The Kier molecular flexibility index (Phi) is 4.71. The van der Waals surface area contributed by atoms with Gasteiger partial charge in [-0.2, -0.15) is 0 Å². The van der Waals surface area contributed by atoms with Gasteiger partial charge in [-0.1, -0.05) is 20.3 Å². The standard InChI is InChI=1S/C11H19FN2O2/c1-3-5-9-10(15)13-8(4-2)11(16)14(9)7-6-12/h8-9H,3-7H2,1-2H3,(H,13,15). The van der Waals surface area contributed by atoms with Gasteiger partial charge >= 0.3 is 0 Å². The van der Waals surface area contributed by atoms with Gasteiger partial charge in [0.05, 0.1) is 0 Å². The first-order valence-electron chi connectivity index (χ1n) is 5.82. The van der Waals surface area contributed by atoms with Crippen molar-refractivity contribution >= 4 is 11.8 Å². The van der Waals surface area contributed by atoms with Crippen LogP contribution in [0.15, 0.2) is 0 Å². The van der Waals surface area contributed by atoms with Gasteiger partial charge < -0.3 is 10.2 Å². The summed E-state index contributed by atoms with van der Waals surface area (Å²) in [6, 6.07) is -0.969. The highest BCUT2D eigenvalue weighted by molar-refractivity contribution is 5.96. The molecule has 1 rings (SSSR count). The molecule has 1 aliphatic rings. The van der Waals surface area contributed by atoms with E-state index in [-0.39, 0.29) is 18.4 Å². The molecule has 1 saturated heterocycles. The number of halogens is 1. The van der Waals surface area contributed by atoms with E-state index in [1.807, 2.05) is 13.8 Å². The summed E-state index contributed by atoms with van der Waals surface area (Å²) in [4.78, 5) is 25.1. The van der Waals surface area contributed by atoms with Gasteiger partial charge in [0.25, 0.3) is 0 Å². The molecule has 0 saturated carbocycles. The molecule has 4 nitrogen and oxygen atoms in total. The van der Waals surface area contributed by atoms with Crippen molar-refractivity contribution < 1.29 is 14.0 Å². The van der Waals surface area contributed by atoms with Crippen molar-refractivity contribution in [2.24, 2.45) is 0 Å². The van der Waals surface area contributed by atoms with E-state index in [9.17, 15) is 14.0 Å². The van der Waals surface area contributed by atoms with Crippen molar-refractivity contribution in [3.8, 4) is 0 Å². The topological polar surface area (TPSA) is 49.4 Å². The Morgan fingerprint density at radius 2 is 2.06 bits per heavy atom. The largest absolute Gasteiger partial charge is 0.343 e. The van der Waals surface area contributed by atoms with Crippen molar-refractivity contribution in [1.82, 2.24) is 10.2 Å². The number of nitrogens with zero attached hydrogens (tertiary/aromatic N) is 1. The second kappa shape index (κ2) is 5.82. The number of carbonyl (C=O) groups is 2. The van der Waals surface area contributed by atoms with Gasteiger partial charge in [-0.25, -0.2) is 4.39 Å². The van der Waals surface area contributed by atoms with Gasteiger partial charge in [0.1, 0.15) is 18.8 Å². The lowest BCUT2D eigenvalue weighted by molar-refractivity contribution is -0.149. The van der Waals surface area contributed by atoms with Crippen LogP contribution in [0.3, 0.4) is 0 Å². The molecule has 0 aromatic carbocycles. The number of carbonyl (C=O) groups excluding carboxylic acids is 2. The molecule has 0 spiro atoms. The SMILES string of the molecule is CCCC1C(=O)NC(CC)C(=O)N1CCF. The van der Waals surface area contributed by atoms with Crippen LogP contribution in [0, 0.1) is 0 Å². The monoisotopic (exact) mass is 230 g/mol. The van der Waals surface area contributed by atoms with Crippen LogP contribution in [0.4, 0.5) is 4.39 Å². The van der Waals surface area contributed by atoms with Crippen LogP contribution in [0.5, 0.6) is 0 Å². The summed E-state index contributed by atoms with van der Waals surface area (Å²) < 4.78 is 12.4. The van der Waals surface area contributed by atoms with E-state index in [1.54, 1.807) is 0 Å². The van der Waals surface area contributed by atoms with Crippen LogP contribution >= 0.6 is 0 Å². The predicted molar refractivity (Wildman–Crippen MR) is 58.6 cm³/mol. The number of hydrogen-bond donors (Lipinski definition) is 1. The predicted octanol–water partition coefficient (Wildman–Crippen LogP) is 0.862. The third-order valence-corrected chi connectivity index (χ3v) is 2.87. The van der Waals surface area contributed by atoms with Crippen molar-refractivity contribution in [1.29, 1.82) is 0 Å². The molecular formula is C11H19FN2O2. The Morgan fingerprint density at radius 3 is 2.56 bits per heavy atom. The van der Waals surface area contributed by atoms with Gasteiger partial charge in [-0.05, 0) is 12.8 Å². The summed E-state index contributed by atoms with van der Waals surface area (Å²) in [5, 5.41) is 2.69. The Balaban J connectivity index is 2.82. The third kappa shape index (κ3) is 2.51. The molecule has 0 aromatic rings. The molecule has 0 bridgehead atoms. The molecule has 5 heteroatoms. The molecule has 2 amide bonds. The highest BCUT2D eigenvalue weighted by Gasteiger charge is 2.38. The zero-order valence-electron chi connectivity index (χ0n) is 9.83. The summed E-state index contributed by atoms with van der Waals surface area (Å²) in [5.74, 6) is -0.306. The average molecular weight is 230 g/mol. The zero-order chi connectivity index (χ0) is 12.1. The van der Waals surface area contributed by atoms with Crippen molar-refractivity contribution in [3.63, 3.8) is 0 Å². The fourth-order valence-electron chi connectivity index (χ4n) is 2.02. The normalized spacial score (nSPS) is 25.8. The molecule has 0 aromatic heterocycles. The minimum Gasteiger partial charge on any atom is -0.343 e. The number of nitrogens with one attached hydrogen (secondary N) is 1. The van der Waals surface area contributed by atoms with Crippen molar-refractivity contribution in [2.75, 3.05) is 13.2 Å². The lowest BCUT2D eigenvalue weighted by atomic mass is 10.0. The molecule has 0 radical (unpaired) electrons. The maximum Gasteiger partial charge on any atom is 0.245 e. The minimum absolute atomic E-state index is 0.0212. The van der Waals surface area contributed by atoms with Gasteiger partial charge in [-0.15, -0.1) is 0 Å². The van der Waals surface area contributed by atoms with Gasteiger partial charge in [0.2, 0.25) is 11.8 Å². The summed E-state index contributed by atoms with van der Waals surface area (Å²) in [7, 11) is 0. The molecule has 2 unspecified atom stereocenters. The highest BCUT2D eigenvalue weighted by atomic mass is 19.1. The summed E-state index contributed by atoms with van der Waals surface area (Å²) >= 11 is 0. The number of amides is 2. The van der Waals surface area contributed by atoms with Crippen molar-refractivity contribution in [3.05, 3.63) is 0 Å². The summed E-state index contributed by atoms with van der Waals surface area (Å²) in [6.07, 6.45) is 1.94. The molecule has 0 aliphatic carbocycles. The highest BCUT2D eigenvalue weighted by Crippen LogP contribution is 2.15. The molecule has 1 N–H and O–H groups in total. The second-order valence-corrected chi connectivity index (χ2v) is 3.99. The average Bonchev–Trinajstić information content (AvgIpc) is 2.28. The summed E-state index contributed by atoms with van der Waals surface area (Å²) in [6.45, 7) is 3.19. The van der Waals surface area contributed by atoms with Gasteiger partial charge in [0.15, 0.2) is 0 Å². The number of alkyl halides is 1. The maximum absolute atomic E-state index is 12.4. The van der Waals surface area contributed by atoms with Crippen LogP contribution in [0.25, 0.3) is 0 Å². The molecule has 1 aliphatic heterocycles. The molecule has 1 heterocycles. The molecule has 2 atom stereocenters. The van der Waals surface area contributed by atoms with Crippen LogP contribution in [0.2, 0.25) is 0 Å². The Morgan fingerprint density at radius 1 is 1.38 bits per heavy atom. The minimum atomic E-state index is -0.602. The first kappa shape index (κ1) is 12.9. The van der Waals surface area contributed by atoms with E-state index in [4.69, 9.17) is 0 Å². The lowest BCUT2D eigenvalue weighted by Gasteiger charge is -2.38. The van der Waals surface area contributed by atoms with Crippen LogP contribution < -0.4 is 5.32 Å². The van der Waals surface area contributed by atoms with E-state index >= 15 is 0 Å². The van der Waals surface area contributed by atoms with E-state index in [0.717, 1.165) is 6.42 Å². The van der Waals surface area contributed by atoms with E-state index in [1.165, 1.54) is 4.90 Å². The van der Waals surface area contributed by atoms with E-state index in [2.05, 4.69) is 5.32 Å². The third-order valence-electron chi connectivity index (χ3n) is 2.87. The Bertz CT molecular complexity index is 271. The van der Waals surface area contributed by atoms with Crippen molar-refractivity contribution in [2.45, 2.75) is 45.2 Å². The maximum atomic E-state index is 12.4. The summed E-state index contributed by atoms with van der Waals surface area (Å²) in [5.41, 5.74) is 0. The molecule has 16 heavy (non-hydrogen) atoms. The first-order valence-corrected chi connectivity index (χ1v) is 5.82. The molecule has 1 fully saturated rings. The second-order valence-electron chi connectivity index (χ2n) is 3.99. The van der Waals surface area contributed by atoms with Crippen LogP contribution in [-0.4, -0.2) is 42.0 Å². The quantitative estimate of drug-likeness (QED) is 0.761. The Hall–Kier alpha value is -1.13. The zero-order valence-corrected chi connectivity index (χ0v) is 9.83. The van der Waals surface area contributed by atoms with E-state index in [0.29, 0.717) is 12.8 Å². The fraction of sp³-hybridized carbons (Fsp3) is 0.818. The van der Waals surface area contributed by atoms with E-state index < -0.39 is 18.8 Å². The number of piperazine rings is 1. The molecular weight excluding hydrogens is 211 g/mol. The fourth-order valence-corrected chi connectivity index (χ4v) is 2.02. The van der Waals surface area contributed by atoms with Crippen LogP contribution in [0.1, 0.15) is 33.1 Å². The van der Waals surface area contributed by atoms with Crippen LogP contribution in [-0.2, 0) is 9.59 Å². The molecule has 92 valence electrons. The number of rotatable bonds is 5. The van der Waals surface area contributed by atoms with Gasteiger partial charge in [-0.3, -0.25) is 9.59 Å². The first-order chi connectivity index (χ1) is 7.65. The number of hydrogen-bond acceptors (Lipinski definition) is 2.